The summed E-state index contributed by atoms with van der Waals surface area (Å²) in [6.45, 7) is 6.26. The van der Waals surface area contributed by atoms with Crippen LogP contribution in [-0.2, 0) is 0 Å². The van der Waals surface area contributed by atoms with Gasteiger partial charge in [0.05, 0.1) is 26.4 Å². The summed E-state index contributed by atoms with van der Waals surface area (Å²) in [5.41, 5.74) is 2.17. The van der Waals surface area contributed by atoms with Crippen LogP contribution in [0.5, 0.6) is 23.0 Å². The van der Waals surface area contributed by atoms with Crippen LogP contribution in [0.25, 0.3) is 10.8 Å². The van der Waals surface area contributed by atoms with Crippen molar-refractivity contribution in [2.45, 2.75) is 27.2 Å². The molecule has 5 nitrogen and oxygen atoms in total. The van der Waals surface area contributed by atoms with E-state index in [9.17, 15) is 4.79 Å². The molecule has 30 heavy (non-hydrogen) atoms. The quantitative estimate of drug-likeness (QED) is 0.334. The van der Waals surface area contributed by atoms with Crippen molar-refractivity contribution in [3.63, 3.8) is 0 Å². The van der Waals surface area contributed by atoms with E-state index >= 15 is 0 Å². The van der Waals surface area contributed by atoms with Gasteiger partial charge in [0.2, 0.25) is 11.5 Å². The molecular formula is C24H25ClO5. The number of rotatable bonds is 7. The molecule has 0 aromatic heterocycles. The van der Waals surface area contributed by atoms with E-state index in [1.165, 1.54) is 14.2 Å². The Morgan fingerprint density at radius 1 is 0.900 bits per heavy atom. The molecular weight excluding hydrogens is 404 g/mol. The zero-order valence-corrected chi connectivity index (χ0v) is 18.6. The van der Waals surface area contributed by atoms with Crippen LogP contribution < -0.4 is 18.9 Å². The van der Waals surface area contributed by atoms with E-state index in [1.54, 1.807) is 12.1 Å². The first-order chi connectivity index (χ1) is 14.4. The highest BCUT2D eigenvalue weighted by atomic mass is 35.5. The predicted molar refractivity (Wildman–Crippen MR) is 119 cm³/mol. The van der Waals surface area contributed by atoms with Crippen LogP contribution in [0.2, 0.25) is 5.02 Å². The van der Waals surface area contributed by atoms with Gasteiger partial charge < -0.3 is 18.9 Å². The summed E-state index contributed by atoms with van der Waals surface area (Å²) in [7, 11) is 3.02. The van der Waals surface area contributed by atoms with Gasteiger partial charge in [0.1, 0.15) is 0 Å². The number of carbonyl (C=O) groups excluding carboxylic acids is 1. The number of esters is 1. The molecule has 0 radical (unpaired) electrons. The third-order valence-corrected chi connectivity index (χ3v) is 5.06. The van der Waals surface area contributed by atoms with Crippen molar-refractivity contribution in [1.82, 2.24) is 0 Å². The van der Waals surface area contributed by atoms with Gasteiger partial charge >= 0.3 is 5.97 Å². The fraction of sp³-hybridized carbons (Fsp3) is 0.292. The lowest BCUT2D eigenvalue weighted by Gasteiger charge is -2.20. The van der Waals surface area contributed by atoms with Crippen molar-refractivity contribution in [2.75, 3.05) is 20.8 Å². The predicted octanol–water partition coefficient (Wildman–Crippen LogP) is 6.14. The summed E-state index contributed by atoms with van der Waals surface area (Å²) >= 11 is 6.27. The molecule has 0 aliphatic heterocycles. The number of ether oxygens (including phenoxy) is 4. The molecule has 0 saturated carbocycles. The molecule has 0 spiro atoms. The number of carbonyl (C=O) groups is 1. The number of halogens is 1. The normalized spacial score (nSPS) is 10.7. The van der Waals surface area contributed by atoms with Gasteiger partial charge in [-0.1, -0.05) is 36.7 Å². The summed E-state index contributed by atoms with van der Waals surface area (Å²) in [6.07, 6.45) is 0.823. The molecule has 3 aromatic rings. The Kier molecular flexibility index (Phi) is 6.73. The number of benzene rings is 3. The lowest BCUT2D eigenvalue weighted by atomic mass is 10.0. The SMILES string of the molecule is CCCOc1c(OC)c(OC)c(OC(=O)c2c(C)cccc2C)c2cc(Cl)ccc12. The average Bonchev–Trinajstić information content (AvgIpc) is 2.72. The van der Waals surface area contributed by atoms with Gasteiger partial charge in [0.15, 0.2) is 11.5 Å². The largest absolute Gasteiger partial charge is 0.490 e. The second-order valence-electron chi connectivity index (χ2n) is 6.92. The van der Waals surface area contributed by atoms with E-state index < -0.39 is 5.97 Å². The molecule has 0 amide bonds. The smallest absolute Gasteiger partial charge is 0.344 e. The Labute approximate surface area is 181 Å². The maximum Gasteiger partial charge on any atom is 0.344 e. The topological polar surface area (TPSA) is 54.0 Å². The molecule has 6 heteroatoms. The fourth-order valence-electron chi connectivity index (χ4n) is 3.45. The van der Waals surface area contributed by atoms with Gasteiger partial charge in [0.25, 0.3) is 0 Å². The zero-order valence-electron chi connectivity index (χ0n) is 17.8. The first kappa shape index (κ1) is 21.8. The van der Waals surface area contributed by atoms with Crippen LogP contribution in [0, 0.1) is 13.8 Å². The first-order valence-electron chi connectivity index (χ1n) is 9.71. The Morgan fingerprint density at radius 2 is 1.53 bits per heavy atom. The molecule has 0 fully saturated rings. The minimum Gasteiger partial charge on any atom is -0.490 e. The second-order valence-corrected chi connectivity index (χ2v) is 7.36. The highest BCUT2D eigenvalue weighted by molar-refractivity contribution is 6.31. The standard InChI is InChI=1S/C24H25ClO5/c1-6-12-29-20-17-11-10-16(25)13-18(17)21(23(28-5)22(20)27-4)30-24(26)19-14(2)8-7-9-15(19)3/h7-11,13H,6,12H2,1-5H3. The van der Waals surface area contributed by atoms with Gasteiger partial charge in [-0.25, -0.2) is 4.79 Å². The van der Waals surface area contributed by atoms with Gasteiger partial charge in [-0.2, -0.15) is 0 Å². The Morgan fingerprint density at radius 3 is 2.13 bits per heavy atom. The minimum absolute atomic E-state index is 0.239. The van der Waals surface area contributed by atoms with Crippen molar-refractivity contribution in [3.05, 3.63) is 58.1 Å². The first-order valence-corrected chi connectivity index (χ1v) is 10.1. The van der Waals surface area contributed by atoms with E-state index in [-0.39, 0.29) is 11.5 Å². The Balaban J connectivity index is 2.25. The molecule has 0 atom stereocenters. The second kappa shape index (κ2) is 9.26. The molecule has 0 heterocycles. The number of hydrogen-bond donors (Lipinski definition) is 0. The van der Waals surface area contributed by atoms with Gasteiger partial charge in [-0.3, -0.25) is 0 Å². The van der Waals surface area contributed by atoms with E-state index in [0.29, 0.717) is 34.1 Å². The third kappa shape index (κ3) is 4.03. The molecule has 0 bridgehead atoms. The van der Waals surface area contributed by atoms with E-state index in [1.807, 2.05) is 45.0 Å². The molecule has 0 aliphatic carbocycles. The fourth-order valence-corrected chi connectivity index (χ4v) is 3.62. The monoisotopic (exact) mass is 428 g/mol. The summed E-state index contributed by atoms with van der Waals surface area (Å²) in [4.78, 5) is 13.1. The van der Waals surface area contributed by atoms with Crippen LogP contribution in [-0.4, -0.2) is 26.8 Å². The van der Waals surface area contributed by atoms with Crippen LogP contribution in [0.1, 0.15) is 34.8 Å². The highest BCUT2D eigenvalue weighted by Gasteiger charge is 2.26. The summed E-state index contributed by atoms with van der Waals surface area (Å²) in [5, 5.41) is 1.82. The molecule has 0 unspecified atom stereocenters. The Bertz CT molecular complexity index is 1070. The number of aryl methyl sites for hydroxylation is 2. The zero-order chi connectivity index (χ0) is 21.8. The third-order valence-electron chi connectivity index (χ3n) is 4.83. The van der Waals surface area contributed by atoms with Crippen molar-refractivity contribution in [2.24, 2.45) is 0 Å². The van der Waals surface area contributed by atoms with Crippen molar-refractivity contribution in [3.8, 4) is 23.0 Å². The lowest BCUT2D eigenvalue weighted by Crippen LogP contribution is -2.13. The van der Waals surface area contributed by atoms with Crippen molar-refractivity contribution in [1.29, 1.82) is 0 Å². The summed E-state index contributed by atoms with van der Waals surface area (Å²) in [6, 6.07) is 11.0. The van der Waals surface area contributed by atoms with Crippen LogP contribution in [0.4, 0.5) is 0 Å². The van der Waals surface area contributed by atoms with E-state index in [2.05, 4.69) is 0 Å². The van der Waals surface area contributed by atoms with Crippen molar-refractivity contribution < 1.29 is 23.7 Å². The molecule has 3 aromatic carbocycles. The van der Waals surface area contributed by atoms with Crippen LogP contribution in [0.15, 0.2) is 36.4 Å². The van der Waals surface area contributed by atoms with E-state index in [4.69, 9.17) is 30.5 Å². The maximum absolute atomic E-state index is 13.1. The van der Waals surface area contributed by atoms with Crippen LogP contribution in [0.3, 0.4) is 0 Å². The van der Waals surface area contributed by atoms with Crippen molar-refractivity contribution >= 4 is 28.3 Å². The van der Waals surface area contributed by atoms with E-state index in [0.717, 1.165) is 22.9 Å². The molecule has 3 rings (SSSR count). The summed E-state index contributed by atoms with van der Waals surface area (Å²) in [5.74, 6) is 0.926. The molecule has 0 aliphatic rings. The van der Waals surface area contributed by atoms with Crippen LogP contribution >= 0.6 is 11.6 Å². The number of fused-ring (bicyclic) bond motifs is 1. The maximum atomic E-state index is 13.1. The highest BCUT2D eigenvalue weighted by Crippen LogP contribution is 2.51. The lowest BCUT2D eigenvalue weighted by molar-refractivity contribution is 0.0730. The number of hydrogen-bond acceptors (Lipinski definition) is 5. The molecule has 0 saturated heterocycles. The minimum atomic E-state index is -0.477. The average molecular weight is 429 g/mol. The summed E-state index contributed by atoms with van der Waals surface area (Å²) < 4.78 is 23.1. The molecule has 0 N–H and O–H groups in total. The molecule has 158 valence electrons. The van der Waals surface area contributed by atoms with Gasteiger partial charge in [-0.05, 0) is 49.6 Å². The van der Waals surface area contributed by atoms with Gasteiger partial charge in [-0.15, -0.1) is 0 Å². The Hall–Kier alpha value is -2.92. The van der Waals surface area contributed by atoms with Gasteiger partial charge in [0, 0.05) is 15.8 Å². The number of methoxy groups -OCH3 is 2.